The predicted molar refractivity (Wildman–Crippen MR) is 97.6 cm³/mol. The molecule has 0 unspecified atom stereocenters. The Kier molecular flexibility index (Phi) is 10.8. The fourth-order valence-electron chi connectivity index (χ4n) is 1.96. The summed E-state index contributed by atoms with van der Waals surface area (Å²) in [5.41, 5.74) is 1.59. The minimum Gasteiger partial charge on any atom is -0.473 e. The van der Waals surface area contributed by atoms with Crippen LogP contribution in [0, 0.1) is 0 Å². The van der Waals surface area contributed by atoms with E-state index in [-0.39, 0.29) is 0 Å². The zero-order valence-corrected chi connectivity index (χ0v) is 15.8. The molecule has 0 aliphatic heterocycles. The maximum atomic E-state index is 5.63. The van der Waals surface area contributed by atoms with Gasteiger partial charge >= 0.3 is 0 Å². The lowest BCUT2D eigenvalue weighted by atomic mass is 10.2. The zero-order valence-electron chi connectivity index (χ0n) is 15.0. The second-order valence-corrected chi connectivity index (χ2v) is 5.57. The number of hydrogen-bond donors (Lipinski definition) is 0. The first-order chi connectivity index (χ1) is 12.9. The molecule has 0 spiro atoms. The molecule has 144 valence electrons. The van der Waals surface area contributed by atoms with Crippen LogP contribution in [0.25, 0.3) is 11.3 Å². The summed E-state index contributed by atoms with van der Waals surface area (Å²) in [5.74, 6) is 0.507. The van der Waals surface area contributed by atoms with Gasteiger partial charge in [-0.2, -0.15) is 4.37 Å². The molecule has 0 aliphatic carbocycles. The molecule has 0 saturated heterocycles. The molecule has 0 amide bonds. The van der Waals surface area contributed by atoms with Gasteiger partial charge in [-0.25, -0.2) is 0 Å². The van der Waals surface area contributed by atoms with Crippen LogP contribution in [0.1, 0.15) is 6.92 Å². The van der Waals surface area contributed by atoms with E-state index in [1.54, 1.807) is 12.4 Å². The summed E-state index contributed by atoms with van der Waals surface area (Å²) in [6, 6.07) is 3.77. The molecule has 0 aliphatic rings. The lowest BCUT2D eigenvalue weighted by molar-refractivity contribution is -0.00351. The molecule has 2 aromatic heterocycles. The summed E-state index contributed by atoms with van der Waals surface area (Å²) in [6.45, 7) is 6.88. The van der Waals surface area contributed by atoms with Gasteiger partial charge in [-0.05, 0) is 19.1 Å². The van der Waals surface area contributed by atoms with Crippen molar-refractivity contribution in [3.05, 3.63) is 24.5 Å². The van der Waals surface area contributed by atoms with E-state index in [1.165, 1.54) is 0 Å². The summed E-state index contributed by atoms with van der Waals surface area (Å²) in [7, 11) is 0. The van der Waals surface area contributed by atoms with Gasteiger partial charge in [-0.1, -0.05) is 0 Å². The number of ether oxygens (including phenoxy) is 5. The van der Waals surface area contributed by atoms with E-state index in [0.717, 1.165) is 17.3 Å². The van der Waals surface area contributed by atoms with Crippen LogP contribution in [0.15, 0.2) is 24.5 Å². The highest BCUT2D eigenvalue weighted by molar-refractivity contribution is 6.99. The van der Waals surface area contributed by atoms with Crippen molar-refractivity contribution in [3.63, 3.8) is 0 Å². The van der Waals surface area contributed by atoms with Gasteiger partial charge in [-0.3, -0.25) is 4.98 Å². The first-order valence-corrected chi connectivity index (χ1v) is 9.31. The van der Waals surface area contributed by atoms with Gasteiger partial charge in [0.2, 0.25) is 0 Å². The molecule has 0 fully saturated rings. The third kappa shape index (κ3) is 8.15. The number of aromatic nitrogens is 3. The fraction of sp³-hybridized carbons (Fsp3) is 0.588. The third-order valence-corrected chi connectivity index (χ3v) is 3.69. The molecule has 0 radical (unpaired) electrons. The van der Waals surface area contributed by atoms with Crippen molar-refractivity contribution in [2.45, 2.75) is 6.92 Å². The van der Waals surface area contributed by atoms with Crippen molar-refractivity contribution < 1.29 is 23.7 Å². The Morgan fingerprint density at radius 2 is 1.50 bits per heavy atom. The Morgan fingerprint density at radius 1 is 0.846 bits per heavy atom. The van der Waals surface area contributed by atoms with Crippen LogP contribution in [0.2, 0.25) is 0 Å². The minimum absolute atomic E-state index is 0.402. The molecule has 0 aromatic carbocycles. The van der Waals surface area contributed by atoms with Crippen LogP contribution in [0.4, 0.5) is 0 Å². The Balaban J connectivity index is 1.46. The Morgan fingerprint density at radius 3 is 2.12 bits per heavy atom. The van der Waals surface area contributed by atoms with E-state index >= 15 is 0 Å². The van der Waals surface area contributed by atoms with E-state index < -0.39 is 0 Å². The minimum atomic E-state index is 0.402. The SMILES string of the molecule is CCOCCOCCOCCOCCOc1nsnc1-c1cccnc1. The van der Waals surface area contributed by atoms with Crippen LogP contribution >= 0.6 is 11.7 Å². The van der Waals surface area contributed by atoms with Gasteiger partial charge in [0.1, 0.15) is 12.3 Å². The second-order valence-electron chi connectivity index (χ2n) is 5.04. The number of hydrogen-bond acceptors (Lipinski definition) is 9. The van der Waals surface area contributed by atoms with E-state index in [1.807, 2.05) is 19.1 Å². The molecule has 0 N–H and O–H groups in total. The Bertz CT molecular complexity index is 585. The van der Waals surface area contributed by atoms with Crippen LogP contribution in [-0.4, -0.2) is 73.2 Å². The summed E-state index contributed by atoms with van der Waals surface area (Å²) >= 11 is 1.11. The van der Waals surface area contributed by atoms with E-state index in [0.29, 0.717) is 71.0 Å². The first-order valence-electron chi connectivity index (χ1n) is 8.58. The van der Waals surface area contributed by atoms with Crippen molar-refractivity contribution >= 4 is 11.7 Å². The molecule has 0 bridgehead atoms. The standard InChI is InChI=1S/C17H25N3O5S/c1-2-21-6-7-22-8-9-23-10-11-24-12-13-25-17-16(19-26-20-17)15-4-3-5-18-14-15/h3-5,14H,2,6-13H2,1H3. The highest BCUT2D eigenvalue weighted by Gasteiger charge is 2.11. The normalized spacial score (nSPS) is 11.0. The van der Waals surface area contributed by atoms with E-state index in [2.05, 4.69) is 13.7 Å². The van der Waals surface area contributed by atoms with Crippen molar-refractivity contribution in [3.8, 4) is 17.1 Å². The molecule has 0 atom stereocenters. The third-order valence-electron chi connectivity index (χ3n) is 3.18. The molecular formula is C17H25N3O5S. The van der Waals surface area contributed by atoms with Gasteiger partial charge in [-0.15, -0.1) is 4.37 Å². The van der Waals surface area contributed by atoms with E-state index in [9.17, 15) is 0 Å². The number of nitrogens with zero attached hydrogens (tertiary/aromatic N) is 3. The van der Waals surface area contributed by atoms with Crippen molar-refractivity contribution in [1.29, 1.82) is 0 Å². The van der Waals surface area contributed by atoms with Gasteiger partial charge in [0.15, 0.2) is 0 Å². The molecule has 26 heavy (non-hydrogen) atoms. The van der Waals surface area contributed by atoms with Gasteiger partial charge < -0.3 is 23.7 Å². The fourth-order valence-corrected chi connectivity index (χ4v) is 2.47. The highest BCUT2D eigenvalue weighted by atomic mass is 32.1. The smallest absolute Gasteiger partial charge is 0.254 e. The number of pyridine rings is 1. The maximum Gasteiger partial charge on any atom is 0.254 e. The first kappa shape index (κ1) is 20.7. The van der Waals surface area contributed by atoms with Crippen molar-refractivity contribution in [1.82, 2.24) is 13.7 Å². The molecule has 2 heterocycles. The summed E-state index contributed by atoms with van der Waals surface area (Å²) in [6.07, 6.45) is 3.45. The maximum absolute atomic E-state index is 5.63. The van der Waals surface area contributed by atoms with E-state index in [4.69, 9.17) is 23.7 Å². The average Bonchev–Trinajstić information content (AvgIpc) is 3.15. The summed E-state index contributed by atoms with van der Waals surface area (Å²) < 4.78 is 35.4. The largest absolute Gasteiger partial charge is 0.473 e. The molecule has 2 rings (SSSR count). The quantitative estimate of drug-likeness (QED) is 0.432. The van der Waals surface area contributed by atoms with Crippen LogP contribution in [0.3, 0.4) is 0 Å². The highest BCUT2D eigenvalue weighted by Crippen LogP contribution is 2.26. The molecule has 0 saturated carbocycles. The molecular weight excluding hydrogens is 358 g/mol. The lowest BCUT2D eigenvalue weighted by Gasteiger charge is -2.07. The predicted octanol–water partition coefficient (Wildman–Crippen LogP) is 2.07. The molecule has 9 heteroatoms. The molecule has 8 nitrogen and oxygen atoms in total. The average molecular weight is 383 g/mol. The monoisotopic (exact) mass is 383 g/mol. The van der Waals surface area contributed by atoms with Gasteiger partial charge in [0.25, 0.3) is 5.88 Å². The van der Waals surface area contributed by atoms with Gasteiger partial charge in [0, 0.05) is 24.6 Å². The van der Waals surface area contributed by atoms with Crippen LogP contribution < -0.4 is 4.74 Å². The summed E-state index contributed by atoms with van der Waals surface area (Å²) in [4.78, 5) is 4.08. The number of rotatable bonds is 15. The lowest BCUT2D eigenvalue weighted by Crippen LogP contribution is -2.14. The second kappa shape index (κ2) is 13.5. The van der Waals surface area contributed by atoms with Crippen LogP contribution in [-0.2, 0) is 18.9 Å². The topological polar surface area (TPSA) is 84.8 Å². The zero-order chi connectivity index (χ0) is 18.3. The van der Waals surface area contributed by atoms with Crippen LogP contribution in [0.5, 0.6) is 5.88 Å². The summed E-state index contributed by atoms with van der Waals surface area (Å²) in [5, 5.41) is 0. The van der Waals surface area contributed by atoms with Crippen molar-refractivity contribution in [2.75, 3.05) is 59.5 Å². The Labute approximate surface area is 157 Å². The van der Waals surface area contributed by atoms with Gasteiger partial charge in [0.05, 0.1) is 58.0 Å². The Hall–Kier alpha value is -1.65. The van der Waals surface area contributed by atoms with Crippen molar-refractivity contribution in [2.24, 2.45) is 0 Å². The molecule has 2 aromatic rings.